The monoisotopic (exact) mass is 285 g/mol. The second-order valence-electron chi connectivity index (χ2n) is 1.59. The van der Waals surface area contributed by atoms with Crippen LogP contribution in [0.5, 0.6) is 0 Å². The van der Waals surface area contributed by atoms with Crippen molar-refractivity contribution in [2.45, 2.75) is 0 Å². The molecule has 0 N–H and O–H groups in total. The van der Waals surface area contributed by atoms with E-state index >= 15 is 0 Å². The number of pyridine rings is 1. The normalized spacial score (nSPS) is 9.90. The maximum Gasteiger partial charge on any atom is 0.278 e. The summed E-state index contributed by atoms with van der Waals surface area (Å²) in [4.78, 5) is 0. The Hall–Kier alpha value is 0.200. The summed E-state index contributed by atoms with van der Waals surface area (Å²) in [6.45, 7) is 0. The molecule has 0 saturated heterocycles. The number of rotatable bonds is 0. The SMILES string of the molecule is [O-][n+]1c(Br)ccc(Cl)c1Br. The zero-order valence-electron chi connectivity index (χ0n) is 4.64. The minimum absolute atomic E-state index is 0.323. The number of nitrogens with zero attached hydrogens (tertiary/aromatic N) is 1. The van der Waals surface area contributed by atoms with Gasteiger partial charge in [-0.25, -0.2) is 0 Å². The molecule has 0 unspecified atom stereocenters. The van der Waals surface area contributed by atoms with Crippen LogP contribution in [0.2, 0.25) is 5.02 Å². The van der Waals surface area contributed by atoms with Crippen molar-refractivity contribution < 1.29 is 4.73 Å². The Morgan fingerprint density at radius 3 is 2.50 bits per heavy atom. The summed E-state index contributed by atoms with van der Waals surface area (Å²) >= 11 is 11.7. The Bertz CT molecular complexity index is 239. The fourth-order valence-electron chi connectivity index (χ4n) is 0.469. The van der Waals surface area contributed by atoms with E-state index in [1.807, 2.05) is 0 Å². The Morgan fingerprint density at radius 2 is 2.00 bits per heavy atom. The molecule has 0 aromatic carbocycles. The highest BCUT2D eigenvalue weighted by molar-refractivity contribution is 9.11. The third-order valence-corrected chi connectivity index (χ3v) is 2.81. The lowest BCUT2D eigenvalue weighted by Crippen LogP contribution is -2.29. The third kappa shape index (κ3) is 1.44. The van der Waals surface area contributed by atoms with Crippen LogP contribution in [0.25, 0.3) is 0 Å². The van der Waals surface area contributed by atoms with E-state index < -0.39 is 0 Å². The van der Waals surface area contributed by atoms with Gasteiger partial charge in [0.05, 0.1) is 0 Å². The highest BCUT2D eigenvalue weighted by Crippen LogP contribution is 2.19. The Labute approximate surface area is 79.6 Å². The highest BCUT2D eigenvalue weighted by Gasteiger charge is 2.09. The van der Waals surface area contributed by atoms with Crippen LogP contribution in [0, 0.1) is 5.21 Å². The van der Waals surface area contributed by atoms with E-state index in [4.69, 9.17) is 11.6 Å². The van der Waals surface area contributed by atoms with Crippen LogP contribution in [0.4, 0.5) is 0 Å². The summed E-state index contributed by atoms with van der Waals surface area (Å²) in [5.74, 6) is 0. The first kappa shape index (κ1) is 8.30. The third-order valence-electron chi connectivity index (χ3n) is 0.937. The largest absolute Gasteiger partial charge is 0.617 e. The van der Waals surface area contributed by atoms with Gasteiger partial charge in [0, 0.05) is 37.9 Å². The van der Waals surface area contributed by atoms with Crippen LogP contribution in [-0.2, 0) is 0 Å². The molecule has 54 valence electrons. The Morgan fingerprint density at radius 1 is 1.40 bits per heavy atom. The van der Waals surface area contributed by atoms with Gasteiger partial charge in [-0.2, -0.15) is 4.73 Å². The second-order valence-corrected chi connectivity index (χ2v) is 3.56. The number of hydrogen-bond donors (Lipinski definition) is 0. The smallest absolute Gasteiger partial charge is 0.278 e. The van der Waals surface area contributed by atoms with E-state index in [2.05, 4.69) is 31.9 Å². The zero-order chi connectivity index (χ0) is 7.72. The first-order valence-electron chi connectivity index (χ1n) is 2.36. The van der Waals surface area contributed by atoms with Crippen molar-refractivity contribution in [2.75, 3.05) is 0 Å². The van der Waals surface area contributed by atoms with Gasteiger partial charge in [-0.3, -0.25) is 0 Å². The van der Waals surface area contributed by atoms with Gasteiger partial charge in [0.15, 0.2) is 0 Å². The second kappa shape index (κ2) is 3.07. The van der Waals surface area contributed by atoms with Crippen molar-refractivity contribution in [3.63, 3.8) is 0 Å². The molecule has 2 nitrogen and oxygen atoms in total. The molecule has 0 aliphatic rings. The number of hydrogen-bond acceptors (Lipinski definition) is 1. The molecule has 0 amide bonds. The topological polar surface area (TPSA) is 26.9 Å². The van der Waals surface area contributed by atoms with Gasteiger partial charge in [0.2, 0.25) is 0 Å². The molecule has 0 aliphatic heterocycles. The van der Waals surface area contributed by atoms with Crippen molar-refractivity contribution in [3.05, 3.63) is 31.6 Å². The summed E-state index contributed by atoms with van der Waals surface area (Å²) in [6, 6.07) is 3.21. The van der Waals surface area contributed by atoms with Crippen molar-refractivity contribution in [1.82, 2.24) is 0 Å². The molecule has 10 heavy (non-hydrogen) atoms. The predicted octanol–water partition coefficient (Wildman–Crippen LogP) is 2.50. The minimum Gasteiger partial charge on any atom is -0.617 e. The fourth-order valence-corrected chi connectivity index (χ4v) is 1.48. The molecule has 0 atom stereocenters. The molecule has 0 fully saturated rings. The first-order chi connectivity index (χ1) is 4.63. The molecule has 1 heterocycles. The Kier molecular flexibility index (Phi) is 2.55. The summed E-state index contributed by atoms with van der Waals surface area (Å²) in [5, 5.41) is 11.3. The molecule has 0 bridgehead atoms. The maximum atomic E-state index is 10.9. The van der Waals surface area contributed by atoms with Gasteiger partial charge >= 0.3 is 0 Å². The zero-order valence-corrected chi connectivity index (χ0v) is 8.57. The van der Waals surface area contributed by atoms with Gasteiger partial charge in [-0.15, -0.1) is 0 Å². The van der Waals surface area contributed by atoms with E-state index in [0.717, 1.165) is 0 Å². The molecular formula is C5H2Br2ClNO. The van der Waals surface area contributed by atoms with E-state index in [1.54, 1.807) is 12.1 Å². The lowest BCUT2D eigenvalue weighted by molar-refractivity contribution is -0.628. The van der Waals surface area contributed by atoms with Crippen molar-refractivity contribution in [1.29, 1.82) is 0 Å². The van der Waals surface area contributed by atoms with Gasteiger partial charge in [-0.05, 0) is 6.07 Å². The minimum atomic E-state index is 0.323. The lowest BCUT2D eigenvalue weighted by Gasteiger charge is -2.00. The molecule has 5 heteroatoms. The molecule has 1 aromatic heterocycles. The van der Waals surface area contributed by atoms with Crippen LogP contribution in [-0.4, -0.2) is 0 Å². The number of halogens is 3. The summed E-state index contributed by atoms with van der Waals surface area (Å²) in [7, 11) is 0. The average molecular weight is 287 g/mol. The molecule has 1 rings (SSSR count). The van der Waals surface area contributed by atoms with Crippen LogP contribution < -0.4 is 4.73 Å². The molecule has 0 saturated carbocycles. The van der Waals surface area contributed by atoms with Crippen molar-refractivity contribution in [3.8, 4) is 0 Å². The van der Waals surface area contributed by atoms with E-state index in [1.165, 1.54) is 0 Å². The predicted molar refractivity (Wildman–Crippen MR) is 45.8 cm³/mol. The van der Waals surface area contributed by atoms with Crippen LogP contribution in [0.1, 0.15) is 0 Å². The van der Waals surface area contributed by atoms with Crippen molar-refractivity contribution >= 4 is 43.5 Å². The summed E-state index contributed by atoms with van der Waals surface area (Å²) < 4.78 is 1.41. The van der Waals surface area contributed by atoms with Gasteiger partial charge in [-0.1, -0.05) is 11.6 Å². The molecule has 0 aliphatic carbocycles. The van der Waals surface area contributed by atoms with E-state index in [0.29, 0.717) is 19.0 Å². The summed E-state index contributed by atoms with van der Waals surface area (Å²) in [6.07, 6.45) is 0. The van der Waals surface area contributed by atoms with Crippen LogP contribution in [0.15, 0.2) is 21.3 Å². The van der Waals surface area contributed by atoms with E-state index in [-0.39, 0.29) is 0 Å². The highest BCUT2D eigenvalue weighted by atomic mass is 79.9. The first-order valence-corrected chi connectivity index (χ1v) is 4.32. The van der Waals surface area contributed by atoms with Gasteiger partial charge < -0.3 is 5.21 Å². The summed E-state index contributed by atoms with van der Waals surface area (Å²) in [5.41, 5.74) is 0. The standard InChI is InChI=1S/C5H2Br2ClNO/c6-4-2-1-3(8)5(7)9(4)10/h1-2H. The van der Waals surface area contributed by atoms with Gasteiger partial charge in [0.1, 0.15) is 5.02 Å². The molecule has 0 spiro atoms. The quantitative estimate of drug-likeness (QED) is 0.409. The fraction of sp³-hybridized carbons (Fsp3) is 0. The van der Waals surface area contributed by atoms with Crippen molar-refractivity contribution in [2.24, 2.45) is 0 Å². The average Bonchev–Trinajstić information content (AvgIpc) is 1.93. The Balaban J connectivity index is 3.34. The molecule has 1 aromatic rings. The van der Waals surface area contributed by atoms with Crippen LogP contribution in [0.3, 0.4) is 0 Å². The lowest BCUT2D eigenvalue weighted by atomic mass is 10.5. The number of aromatic nitrogens is 1. The maximum absolute atomic E-state index is 10.9. The van der Waals surface area contributed by atoms with Crippen LogP contribution >= 0.6 is 43.5 Å². The molecular weight excluding hydrogens is 285 g/mol. The van der Waals surface area contributed by atoms with Gasteiger partial charge in [0.25, 0.3) is 9.21 Å². The van der Waals surface area contributed by atoms with E-state index in [9.17, 15) is 5.21 Å². The molecule has 0 radical (unpaired) electrons.